The van der Waals surface area contributed by atoms with Crippen LogP contribution in [0.25, 0.3) is 10.9 Å². The van der Waals surface area contributed by atoms with Crippen LogP contribution in [0.4, 0.5) is 0 Å². The molecule has 0 atom stereocenters. The molecule has 1 N–H and O–H groups in total. The van der Waals surface area contributed by atoms with Crippen molar-refractivity contribution in [3.8, 4) is 0 Å². The number of hydrogen-bond donors (Lipinski definition) is 1. The number of ether oxygens (including phenoxy) is 1. The Morgan fingerprint density at radius 3 is 2.89 bits per heavy atom. The van der Waals surface area contributed by atoms with E-state index in [9.17, 15) is 9.59 Å². The fraction of sp³-hybridized carbons (Fsp3) is 0.550. The fourth-order valence-electron chi connectivity index (χ4n) is 3.81. The molecule has 0 radical (unpaired) electrons. The van der Waals surface area contributed by atoms with Crippen molar-refractivity contribution >= 4 is 16.8 Å². The van der Waals surface area contributed by atoms with Crippen molar-refractivity contribution in [3.05, 3.63) is 39.9 Å². The van der Waals surface area contributed by atoms with Crippen LogP contribution < -0.4 is 10.9 Å². The van der Waals surface area contributed by atoms with E-state index in [0.717, 1.165) is 70.9 Å². The predicted molar refractivity (Wildman–Crippen MR) is 103 cm³/mol. The minimum absolute atomic E-state index is 0.00664. The lowest BCUT2D eigenvalue weighted by Crippen LogP contribution is -2.38. The Labute approximate surface area is 158 Å². The van der Waals surface area contributed by atoms with Crippen LogP contribution >= 0.6 is 0 Å². The molecule has 0 aliphatic carbocycles. The Bertz CT molecular complexity index is 887. The second-order valence-electron chi connectivity index (χ2n) is 7.24. The maximum Gasteiger partial charge on any atom is 0.261 e. The number of carbonyl (C=O) groups excluding carboxylic acids is 1. The Kier molecular flexibility index (Phi) is 5.50. The second kappa shape index (κ2) is 8.19. The van der Waals surface area contributed by atoms with E-state index < -0.39 is 0 Å². The molecule has 1 saturated heterocycles. The number of nitrogens with zero attached hydrogens (tertiary/aromatic N) is 3. The Balaban J connectivity index is 1.40. The first-order chi connectivity index (χ1) is 13.2. The fourth-order valence-corrected chi connectivity index (χ4v) is 3.81. The lowest BCUT2D eigenvalue weighted by Gasteiger charge is -2.26. The molecule has 4 rings (SSSR count). The Morgan fingerprint density at radius 2 is 2.04 bits per heavy atom. The highest BCUT2D eigenvalue weighted by molar-refractivity contribution is 5.97. The predicted octanol–water partition coefficient (Wildman–Crippen LogP) is 1.18. The highest BCUT2D eigenvalue weighted by Gasteiger charge is 2.16. The zero-order chi connectivity index (χ0) is 18.6. The van der Waals surface area contributed by atoms with Gasteiger partial charge in [0.2, 0.25) is 0 Å². The summed E-state index contributed by atoms with van der Waals surface area (Å²) < 4.78 is 7.11. The first kappa shape index (κ1) is 18.1. The maximum absolute atomic E-state index is 12.6. The van der Waals surface area contributed by atoms with Gasteiger partial charge in [0.25, 0.3) is 11.5 Å². The Hall–Kier alpha value is -2.25. The van der Waals surface area contributed by atoms with Gasteiger partial charge >= 0.3 is 0 Å². The highest BCUT2D eigenvalue weighted by Crippen LogP contribution is 2.16. The number of fused-ring (bicyclic) bond motifs is 2. The molecule has 144 valence electrons. The number of morpholine rings is 1. The molecule has 27 heavy (non-hydrogen) atoms. The zero-order valence-corrected chi connectivity index (χ0v) is 15.6. The lowest BCUT2D eigenvalue weighted by atomic mass is 10.1. The summed E-state index contributed by atoms with van der Waals surface area (Å²) in [6.07, 6.45) is 3.81. The topological polar surface area (TPSA) is 76.5 Å². The van der Waals surface area contributed by atoms with Crippen LogP contribution in [0.3, 0.4) is 0 Å². The largest absolute Gasteiger partial charge is 0.379 e. The van der Waals surface area contributed by atoms with Gasteiger partial charge in [-0.25, -0.2) is 4.98 Å². The first-order valence-electron chi connectivity index (χ1n) is 9.84. The summed E-state index contributed by atoms with van der Waals surface area (Å²) in [6, 6.07) is 5.19. The van der Waals surface area contributed by atoms with E-state index in [0.29, 0.717) is 23.0 Å². The van der Waals surface area contributed by atoms with Crippen LogP contribution in [-0.2, 0) is 17.7 Å². The average Bonchev–Trinajstić information content (AvgIpc) is 2.71. The molecule has 2 aromatic rings. The van der Waals surface area contributed by atoms with E-state index in [4.69, 9.17) is 4.74 Å². The van der Waals surface area contributed by atoms with Crippen molar-refractivity contribution in [2.24, 2.45) is 0 Å². The second-order valence-corrected chi connectivity index (χ2v) is 7.24. The van der Waals surface area contributed by atoms with E-state index in [-0.39, 0.29) is 11.5 Å². The minimum atomic E-state index is -0.112. The lowest BCUT2D eigenvalue weighted by molar-refractivity contribution is 0.0374. The summed E-state index contributed by atoms with van der Waals surface area (Å²) in [6.45, 7) is 5.84. The van der Waals surface area contributed by atoms with Crippen LogP contribution in [0.1, 0.15) is 35.4 Å². The smallest absolute Gasteiger partial charge is 0.261 e. The third kappa shape index (κ3) is 4.04. The molecule has 1 fully saturated rings. The molecule has 0 unspecified atom stereocenters. The van der Waals surface area contributed by atoms with Gasteiger partial charge in [0.1, 0.15) is 5.82 Å². The van der Waals surface area contributed by atoms with Crippen molar-refractivity contribution < 1.29 is 9.53 Å². The minimum Gasteiger partial charge on any atom is -0.379 e. The number of carbonyl (C=O) groups is 1. The van der Waals surface area contributed by atoms with E-state index >= 15 is 0 Å². The van der Waals surface area contributed by atoms with Crippen LogP contribution in [-0.4, -0.2) is 59.8 Å². The summed E-state index contributed by atoms with van der Waals surface area (Å²) >= 11 is 0. The molecule has 2 aliphatic heterocycles. The summed E-state index contributed by atoms with van der Waals surface area (Å²) in [5.74, 6) is 0.723. The molecule has 7 heteroatoms. The van der Waals surface area contributed by atoms with Crippen molar-refractivity contribution in [2.75, 3.05) is 39.4 Å². The number of rotatable bonds is 5. The number of amides is 1. The van der Waals surface area contributed by atoms with Gasteiger partial charge in [-0.15, -0.1) is 0 Å². The molecular weight excluding hydrogens is 344 g/mol. The summed E-state index contributed by atoms with van der Waals surface area (Å²) in [7, 11) is 0. The first-order valence-corrected chi connectivity index (χ1v) is 9.84. The van der Waals surface area contributed by atoms with Gasteiger partial charge in [-0.05, 0) is 44.0 Å². The SMILES string of the molecule is O=C(NCCCN1CCOCC1)c1ccc2c(=O)n3c(nc2c1)CCCC3. The van der Waals surface area contributed by atoms with Crippen molar-refractivity contribution in [2.45, 2.75) is 32.2 Å². The summed E-state index contributed by atoms with van der Waals surface area (Å²) in [5.41, 5.74) is 1.18. The molecule has 3 heterocycles. The van der Waals surface area contributed by atoms with Crippen molar-refractivity contribution in [3.63, 3.8) is 0 Å². The van der Waals surface area contributed by atoms with Crippen molar-refractivity contribution in [1.82, 2.24) is 19.8 Å². The third-order valence-electron chi connectivity index (χ3n) is 5.37. The van der Waals surface area contributed by atoms with Gasteiger partial charge < -0.3 is 10.1 Å². The van der Waals surface area contributed by atoms with Gasteiger partial charge in [-0.3, -0.25) is 19.1 Å². The molecule has 0 bridgehead atoms. The Morgan fingerprint density at radius 1 is 1.19 bits per heavy atom. The van der Waals surface area contributed by atoms with E-state index in [1.807, 2.05) is 0 Å². The highest BCUT2D eigenvalue weighted by atomic mass is 16.5. The zero-order valence-electron chi connectivity index (χ0n) is 15.6. The van der Waals surface area contributed by atoms with Crippen LogP contribution in [0, 0.1) is 0 Å². The van der Waals surface area contributed by atoms with Gasteiger partial charge in [-0.1, -0.05) is 0 Å². The van der Waals surface area contributed by atoms with E-state index in [1.165, 1.54) is 0 Å². The number of aromatic nitrogens is 2. The van der Waals surface area contributed by atoms with Crippen LogP contribution in [0.5, 0.6) is 0 Å². The molecule has 1 aromatic carbocycles. The van der Waals surface area contributed by atoms with E-state index in [1.54, 1.807) is 22.8 Å². The number of hydrogen-bond acceptors (Lipinski definition) is 5. The number of benzene rings is 1. The molecule has 0 spiro atoms. The van der Waals surface area contributed by atoms with Gasteiger partial charge in [-0.2, -0.15) is 0 Å². The molecule has 7 nitrogen and oxygen atoms in total. The average molecular weight is 370 g/mol. The molecule has 0 saturated carbocycles. The standard InChI is InChI=1S/C20H26N4O3/c25-19(21-7-3-8-23-10-12-27-13-11-23)15-5-6-16-17(14-15)22-18-4-1-2-9-24(18)20(16)26/h5-6,14H,1-4,7-13H2,(H,21,25). The molecule has 1 aromatic heterocycles. The van der Waals surface area contributed by atoms with Gasteiger partial charge in [0, 0.05) is 38.2 Å². The third-order valence-corrected chi connectivity index (χ3v) is 5.37. The summed E-state index contributed by atoms with van der Waals surface area (Å²) in [4.78, 5) is 32.1. The van der Waals surface area contributed by atoms with Gasteiger partial charge in [0.05, 0.1) is 24.1 Å². The van der Waals surface area contributed by atoms with Crippen LogP contribution in [0.2, 0.25) is 0 Å². The quantitative estimate of drug-likeness (QED) is 0.800. The molecule has 1 amide bonds. The van der Waals surface area contributed by atoms with Gasteiger partial charge in [0.15, 0.2) is 0 Å². The number of aryl methyl sites for hydroxylation is 1. The molecular formula is C20H26N4O3. The normalized spacial score (nSPS) is 17.6. The summed E-state index contributed by atoms with van der Waals surface area (Å²) in [5, 5.41) is 3.56. The number of nitrogens with one attached hydrogen (secondary N) is 1. The van der Waals surface area contributed by atoms with Crippen molar-refractivity contribution in [1.29, 1.82) is 0 Å². The molecule has 2 aliphatic rings. The van der Waals surface area contributed by atoms with Crippen LogP contribution in [0.15, 0.2) is 23.0 Å². The maximum atomic E-state index is 12.6. The monoisotopic (exact) mass is 370 g/mol. The van der Waals surface area contributed by atoms with E-state index in [2.05, 4.69) is 15.2 Å².